The molecule has 0 radical (unpaired) electrons. The van der Waals surface area contributed by atoms with E-state index in [1.54, 1.807) is 0 Å². The van der Waals surface area contributed by atoms with Crippen LogP contribution in [-0.4, -0.2) is 17.0 Å². The Hall–Kier alpha value is -4.12. The fraction of sp³-hybridized carbons (Fsp3) is 0.200. The molecule has 0 aliphatic heterocycles. The van der Waals surface area contributed by atoms with Crippen molar-refractivity contribution in [2.75, 3.05) is 0 Å². The quantitative estimate of drug-likeness (QED) is 0.317. The van der Waals surface area contributed by atoms with Crippen LogP contribution in [0, 0.1) is 13.8 Å². The summed E-state index contributed by atoms with van der Waals surface area (Å²) in [5.41, 5.74) is 5.17. The minimum Gasteiger partial charge on any atom is -0.488 e. The van der Waals surface area contributed by atoms with Crippen LogP contribution in [-0.2, 0) is 24.4 Å². The number of nitrogens with one attached hydrogen (secondary N) is 1. The standard InChI is InChI=1S/C30H29NO4/c1-20-7-5-8-21(2)29(20)35-19-22-13-14-24(15-16-28(32)33)27(17-22)30(34)31-18-25-11-6-10-23-9-3-4-12-26(23)25/h3-14,17H,15-16,18-19H2,1-2H3,(H,31,34)(H,32,33). The lowest BCUT2D eigenvalue weighted by atomic mass is 9.99. The van der Waals surface area contributed by atoms with Crippen LogP contribution in [0.2, 0.25) is 0 Å². The number of carbonyl (C=O) groups excluding carboxylic acids is 1. The fourth-order valence-electron chi connectivity index (χ4n) is 4.28. The van der Waals surface area contributed by atoms with Crippen molar-refractivity contribution < 1.29 is 19.4 Å². The predicted molar refractivity (Wildman–Crippen MR) is 138 cm³/mol. The van der Waals surface area contributed by atoms with Gasteiger partial charge in [-0.25, -0.2) is 0 Å². The molecule has 0 aliphatic rings. The number of carboxylic acid groups (broad SMARTS) is 1. The van der Waals surface area contributed by atoms with Crippen molar-refractivity contribution in [1.82, 2.24) is 5.32 Å². The molecule has 178 valence electrons. The second kappa shape index (κ2) is 10.9. The average molecular weight is 468 g/mol. The van der Waals surface area contributed by atoms with Crippen molar-refractivity contribution in [2.45, 2.75) is 39.8 Å². The van der Waals surface area contributed by atoms with Gasteiger partial charge in [0.05, 0.1) is 0 Å². The Morgan fingerprint density at radius 3 is 2.34 bits per heavy atom. The smallest absolute Gasteiger partial charge is 0.303 e. The number of fused-ring (bicyclic) bond motifs is 1. The lowest BCUT2D eigenvalue weighted by molar-refractivity contribution is -0.136. The maximum absolute atomic E-state index is 13.3. The Balaban J connectivity index is 1.55. The van der Waals surface area contributed by atoms with Gasteiger partial charge in [-0.3, -0.25) is 9.59 Å². The molecular weight excluding hydrogens is 438 g/mol. The Kier molecular flexibility index (Phi) is 7.46. The summed E-state index contributed by atoms with van der Waals surface area (Å²) >= 11 is 0. The van der Waals surface area contributed by atoms with Gasteiger partial charge >= 0.3 is 5.97 Å². The largest absolute Gasteiger partial charge is 0.488 e. The average Bonchev–Trinajstić information content (AvgIpc) is 2.86. The summed E-state index contributed by atoms with van der Waals surface area (Å²) < 4.78 is 6.08. The second-order valence-electron chi connectivity index (χ2n) is 8.72. The second-order valence-corrected chi connectivity index (χ2v) is 8.72. The van der Waals surface area contributed by atoms with Crippen LogP contribution in [0.3, 0.4) is 0 Å². The highest BCUT2D eigenvalue weighted by atomic mass is 16.5. The number of aliphatic carboxylic acids is 1. The third kappa shape index (κ3) is 5.87. The van der Waals surface area contributed by atoms with Crippen molar-refractivity contribution in [3.05, 3.63) is 112 Å². The Morgan fingerprint density at radius 1 is 0.857 bits per heavy atom. The van der Waals surface area contributed by atoms with Gasteiger partial charge in [-0.05, 0) is 64.9 Å². The molecule has 0 saturated heterocycles. The molecule has 1 amide bonds. The molecule has 0 aliphatic carbocycles. The van der Waals surface area contributed by atoms with E-state index in [2.05, 4.69) is 5.32 Å². The van der Waals surface area contributed by atoms with Gasteiger partial charge in [0.15, 0.2) is 0 Å². The molecule has 0 heterocycles. The molecule has 0 atom stereocenters. The van der Waals surface area contributed by atoms with Crippen LogP contribution in [0.15, 0.2) is 78.9 Å². The number of carbonyl (C=O) groups is 2. The number of hydrogen-bond donors (Lipinski definition) is 2. The van der Waals surface area contributed by atoms with Gasteiger partial charge < -0.3 is 15.2 Å². The third-order valence-electron chi connectivity index (χ3n) is 6.14. The van der Waals surface area contributed by atoms with E-state index >= 15 is 0 Å². The highest BCUT2D eigenvalue weighted by Gasteiger charge is 2.15. The number of para-hydroxylation sites is 1. The zero-order valence-electron chi connectivity index (χ0n) is 20.0. The van der Waals surface area contributed by atoms with Crippen molar-refractivity contribution in [2.24, 2.45) is 0 Å². The van der Waals surface area contributed by atoms with Gasteiger partial charge in [-0.15, -0.1) is 0 Å². The van der Waals surface area contributed by atoms with Crippen molar-refractivity contribution >= 4 is 22.6 Å². The minimum atomic E-state index is -0.894. The first-order valence-corrected chi connectivity index (χ1v) is 11.7. The molecule has 35 heavy (non-hydrogen) atoms. The molecule has 4 aromatic carbocycles. The van der Waals surface area contributed by atoms with Gasteiger partial charge in [-0.1, -0.05) is 72.8 Å². The molecular formula is C30H29NO4. The van der Waals surface area contributed by atoms with Gasteiger partial charge in [-0.2, -0.15) is 0 Å². The van der Waals surface area contributed by atoms with Crippen LogP contribution in [0.4, 0.5) is 0 Å². The van der Waals surface area contributed by atoms with E-state index in [4.69, 9.17) is 9.84 Å². The molecule has 5 nitrogen and oxygen atoms in total. The molecule has 4 rings (SSSR count). The monoisotopic (exact) mass is 467 g/mol. The minimum absolute atomic E-state index is 0.0398. The number of hydrogen-bond acceptors (Lipinski definition) is 3. The molecule has 0 saturated carbocycles. The summed E-state index contributed by atoms with van der Waals surface area (Å²) in [4.78, 5) is 24.4. The zero-order chi connectivity index (χ0) is 24.8. The summed E-state index contributed by atoms with van der Waals surface area (Å²) in [6, 6.07) is 25.6. The van der Waals surface area contributed by atoms with E-state index < -0.39 is 5.97 Å². The van der Waals surface area contributed by atoms with Gasteiger partial charge in [0.2, 0.25) is 0 Å². The highest BCUT2D eigenvalue weighted by Crippen LogP contribution is 2.24. The number of ether oxygens (including phenoxy) is 1. The van der Waals surface area contributed by atoms with Crippen molar-refractivity contribution in [3.8, 4) is 5.75 Å². The molecule has 0 spiro atoms. The maximum atomic E-state index is 13.3. The molecule has 0 bridgehead atoms. The number of amides is 1. The molecule has 2 N–H and O–H groups in total. The Morgan fingerprint density at radius 2 is 1.57 bits per heavy atom. The van der Waals surface area contributed by atoms with Crippen LogP contribution in [0.5, 0.6) is 5.75 Å². The maximum Gasteiger partial charge on any atom is 0.303 e. The number of aryl methyl sites for hydroxylation is 3. The van der Waals surface area contributed by atoms with Crippen molar-refractivity contribution in [1.29, 1.82) is 0 Å². The summed E-state index contributed by atoms with van der Waals surface area (Å²) in [7, 11) is 0. The summed E-state index contributed by atoms with van der Waals surface area (Å²) in [6.45, 7) is 4.70. The first kappa shape index (κ1) is 24.0. The molecule has 0 fully saturated rings. The van der Waals surface area contributed by atoms with Crippen molar-refractivity contribution in [3.63, 3.8) is 0 Å². The van der Waals surface area contributed by atoms with Crippen LogP contribution in [0.1, 0.15) is 44.6 Å². The number of rotatable bonds is 9. The highest BCUT2D eigenvalue weighted by molar-refractivity contribution is 5.96. The molecule has 0 aromatic heterocycles. The Bertz CT molecular complexity index is 1350. The van der Waals surface area contributed by atoms with Gasteiger partial charge in [0.25, 0.3) is 5.91 Å². The summed E-state index contributed by atoms with van der Waals surface area (Å²) in [5.74, 6) is -0.286. The molecule has 4 aromatic rings. The lowest BCUT2D eigenvalue weighted by Gasteiger charge is -2.15. The SMILES string of the molecule is Cc1cccc(C)c1OCc1ccc(CCC(=O)O)c(C(=O)NCc2cccc3ccccc23)c1. The van der Waals surface area contributed by atoms with E-state index in [1.807, 2.05) is 92.7 Å². The van der Waals surface area contributed by atoms with E-state index in [-0.39, 0.29) is 18.7 Å². The van der Waals surface area contributed by atoms with Crippen LogP contribution < -0.4 is 10.1 Å². The van der Waals surface area contributed by atoms with E-state index in [9.17, 15) is 9.59 Å². The van der Waals surface area contributed by atoms with E-state index in [0.29, 0.717) is 24.3 Å². The summed E-state index contributed by atoms with van der Waals surface area (Å²) in [5, 5.41) is 14.4. The number of benzene rings is 4. The normalized spacial score (nSPS) is 10.8. The lowest BCUT2D eigenvalue weighted by Crippen LogP contribution is -2.24. The van der Waals surface area contributed by atoms with Gasteiger partial charge in [0.1, 0.15) is 12.4 Å². The molecule has 0 unspecified atom stereocenters. The van der Waals surface area contributed by atoms with Crippen LogP contribution in [0.25, 0.3) is 10.8 Å². The van der Waals surface area contributed by atoms with E-state index in [0.717, 1.165) is 38.8 Å². The number of carboxylic acids is 1. The fourth-order valence-corrected chi connectivity index (χ4v) is 4.28. The van der Waals surface area contributed by atoms with E-state index in [1.165, 1.54) is 0 Å². The molecule has 5 heteroatoms. The predicted octanol–water partition coefficient (Wildman–Crippen LogP) is 5.98. The zero-order valence-corrected chi connectivity index (χ0v) is 20.0. The van der Waals surface area contributed by atoms with Crippen LogP contribution >= 0.6 is 0 Å². The Labute approximate surface area is 205 Å². The first-order chi connectivity index (χ1) is 16.9. The summed E-state index contributed by atoms with van der Waals surface area (Å²) in [6.07, 6.45) is 0.242. The van der Waals surface area contributed by atoms with Gasteiger partial charge in [0, 0.05) is 18.5 Å². The topological polar surface area (TPSA) is 75.6 Å². The third-order valence-corrected chi connectivity index (χ3v) is 6.14. The first-order valence-electron chi connectivity index (χ1n) is 11.7.